The molecule has 0 aliphatic rings. The van der Waals surface area contributed by atoms with Gasteiger partial charge in [0.05, 0.1) is 21.2 Å². The van der Waals surface area contributed by atoms with E-state index in [2.05, 4.69) is 0 Å². The molecule has 0 fully saturated rings. The Morgan fingerprint density at radius 2 is 2.18 bits per heavy atom. The lowest BCUT2D eigenvalue weighted by Gasteiger charge is -2.16. The summed E-state index contributed by atoms with van der Waals surface area (Å²) in [6.45, 7) is 2.26. The average molecular weight is 258 g/mol. The second kappa shape index (κ2) is 5.01. The molecule has 0 radical (unpaired) electrons. The first-order valence-corrected chi connectivity index (χ1v) is 5.25. The number of nitrogens with two attached hydrogens (primary N) is 1. The van der Waals surface area contributed by atoms with Gasteiger partial charge in [0, 0.05) is 25.7 Å². The van der Waals surface area contributed by atoms with Gasteiger partial charge in [-0.1, -0.05) is 11.6 Å². The maximum absolute atomic E-state index is 11.9. The average Bonchev–Trinajstić information content (AvgIpc) is 2.30. The molecule has 1 rings (SSSR count). The van der Waals surface area contributed by atoms with E-state index >= 15 is 0 Å². The first-order chi connectivity index (χ1) is 7.88. The van der Waals surface area contributed by atoms with Crippen LogP contribution in [-0.4, -0.2) is 29.3 Å². The van der Waals surface area contributed by atoms with Crippen LogP contribution in [0.15, 0.2) is 12.1 Å². The molecule has 0 unspecified atom stereocenters. The van der Waals surface area contributed by atoms with E-state index in [0.717, 1.165) is 12.1 Å². The van der Waals surface area contributed by atoms with Gasteiger partial charge in [0.25, 0.3) is 11.6 Å². The van der Waals surface area contributed by atoms with Crippen molar-refractivity contribution in [1.29, 1.82) is 0 Å². The summed E-state index contributed by atoms with van der Waals surface area (Å²) in [6.07, 6.45) is 0. The number of rotatable bonds is 3. The zero-order valence-electron chi connectivity index (χ0n) is 9.44. The van der Waals surface area contributed by atoms with Crippen LogP contribution in [0.2, 0.25) is 5.02 Å². The summed E-state index contributed by atoms with van der Waals surface area (Å²) < 4.78 is 0. The quantitative estimate of drug-likeness (QED) is 0.509. The van der Waals surface area contributed by atoms with Crippen molar-refractivity contribution in [3.05, 3.63) is 32.8 Å². The van der Waals surface area contributed by atoms with Crippen LogP contribution >= 0.6 is 11.6 Å². The molecule has 0 saturated heterocycles. The lowest BCUT2D eigenvalue weighted by molar-refractivity contribution is -0.384. The molecular formula is C10H12ClN3O3. The zero-order valence-corrected chi connectivity index (χ0v) is 10.2. The van der Waals surface area contributed by atoms with Crippen LogP contribution in [0.1, 0.15) is 17.3 Å². The van der Waals surface area contributed by atoms with Crippen molar-refractivity contribution in [2.45, 2.75) is 6.92 Å². The molecule has 6 nitrogen and oxygen atoms in total. The first-order valence-electron chi connectivity index (χ1n) is 4.87. The Balaban J connectivity index is 3.32. The summed E-state index contributed by atoms with van der Waals surface area (Å²) in [5.41, 5.74) is 5.50. The second-order valence-corrected chi connectivity index (χ2v) is 3.87. The first kappa shape index (κ1) is 13.2. The Morgan fingerprint density at radius 3 is 2.65 bits per heavy atom. The molecule has 1 aromatic rings. The van der Waals surface area contributed by atoms with E-state index < -0.39 is 10.8 Å². The third kappa shape index (κ3) is 2.65. The Labute approximate surface area is 103 Å². The van der Waals surface area contributed by atoms with Gasteiger partial charge in [-0.3, -0.25) is 14.9 Å². The third-order valence-corrected chi connectivity index (χ3v) is 2.69. The lowest BCUT2D eigenvalue weighted by atomic mass is 10.1. The van der Waals surface area contributed by atoms with Gasteiger partial charge < -0.3 is 10.6 Å². The maximum atomic E-state index is 11.9. The molecule has 0 heterocycles. The van der Waals surface area contributed by atoms with Gasteiger partial charge >= 0.3 is 0 Å². The van der Waals surface area contributed by atoms with E-state index in [0.29, 0.717) is 6.54 Å². The summed E-state index contributed by atoms with van der Waals surface area (Å²) in [7, 11) is 1.58. The van der Waals surface area contributed by atoms with E-state index in [4.69, 9.17) is 17.3 Å². The predicted molar refractivity (Wildman–Crippen MR) is 65.2 cm³/mol. The molecule has 92 valence electrons. The van der Waals surface area contributed by atoms with Crippen molar-refractivity contribution < 1.29 is 9.72 Å². The maximum Gasteiger partial charge on any atom is 0.271 e. The standard InChI is InChI=1S/C10H12ClN3O3/c1-3-13(2)10(15)7-4-6(14(16)17)5-8(11)9(7)12/h4-5H,3,12H2,1-2H3. The second-order valence-electron chi connectivity index (χ2n) is 3.47. The largest absolute Gasteiger partial charge is 0.397 e. The molecule has 17 heavy (non-hydrogen) atoms. The van der Waals surface area contributed by atoms with Crippen LogP contribution in [0.4, 0.5) is 11.4 Å². The fourth-order valence-electron chi connectivity index (χ4n) is 1.24. The monoisotopic (exact) mass is 257 g/mol. The minimum Gasteiger partial charge on any atom is -0.397 e. The predicted octanol–water partition coefficient (Wildman–Crippen LogP) is 1.92. The summed E-state index contributed by atoms with van der Waals surface area (Å²) in [5, 5.41) is 10.7. The van der Waals surface area contributed by atoms with Crippen LogP contribution in [0.3, 0.4) is 0 Å². The molecule has 0 bridgehead atoms. The van der Waals surface area contributed by atoms with Crippen molar-refractivity contribution in [3.63, 3.8) is 0 Å². The Morgan fingerprint density at radius 1 is 1.59 bits per heavy atom. The highest BCUT2D eigenvalue weighted by molar-refractivity contribution is 6.34. The van der Waals surface area contributed by atoms with E-state index in [9.17, 15) is 14.9 Å². The van der Waals surface area contributed by atoms with E-state index in [1.165, 1.54) is 4.90 Å². The number of benzene rings is 1. The van der Waals surface area contributed by atoms with E-state index in [1.807, 2.05) is 0 Å². The van der Waals surface area contributed by atoms with Crippen molar-refractivity contribution in [2.24, 2.45) is 0 Å². The van der Waals surface area contributed by atoms with Crippen molar-refractivity contribution in [3.8, 4) is 0 Å². The number of nitrogen functional groups attached to an aromatic ring is 1. The number of nitrogens with zero attached hydrogens (tertiary/aromatic N) is 2. The van der Waals surface area contributed by atoms with Crippen molar-refractivity contribution in [1.82, 2.24) is 4.90 Å². The molecule has 0 spiro atoms. The SMILES string of the molecule is CCN(C)C(=O)c1cc([N+](=O)[O-])cc(Cl)c1N. The smallest absolute Gasteiger partial charge is 0.271 e. The molecule has 0 saturated carbocycles. The summed E-state index contributed by atoms with van der Waals surface area (Å²) in [6, 6.07) is 2.26. The highest BCUT2D eigenvalue weighted by atomic mass is 35.5. The number of non-ortho nitro benzene ring substituents is 1. The number of nitro groups is 1. The topological polar surface area (TPSA) is 89.5 Å². The number of carbonyl (C=O) groups is 1. The summed E-state index contributed by atoms with van der Waals surface area (Å²) >= 11 is 5.75. The van der Waals surface area contributed by atoms with Gasteiger partial charge in [0.15, 0.2) is 0 Å². The number of carbonyl (C=O) groups excluding carboxylic acids is 1. The molecule has 1 amide bonds. The Kier molecular flexibility index (Phi) is 3.90. The zero-order chi connectivity index (χ0) is 13.2. The van der Waals surface area contributed by atoms with Gasteiger partial charge in [-0.15, -0.1) is 0 Å². The van der Waals surface area contributed by atoms with Crippen LogP contribution in [-0.2, 0) is 0 Å². The summed E-state index contributed by atoms with van der Waals surface area (Å²) in [5.74, 6) is -0.393. The molecule has 0 aliphatic carbocycles. The number of hydrogen-bond acceptors (Lipinski definition) is 4. The normalized spacial score (nSPS) is 10.1. The fourth-order valence-corrected chi connectivity index (χ4v) is 1.45. The Hall–Kier alpha value is -1.82. The van der Waals surface area contributed by atoms with Crippen LogP contribution in [0.5, 0.6) is 0 Å². The van der Waals surface area contributed by atoms with Gasteiger partial charge in [-0.05, 0) is 6.92 Å². The van der Waals surface area contributed by atoms with Crippen LogP contribution in [0, 0.1) is 10.1 Å². The van der Waals surface area contributed by atoms with Crippen LogP contribution < -0.4 is 5.73 Å². The number of nitro benzene ring substituents is 1. The molecule has 0 aromatic heterocycles. The minimum atomic E-state index is -0.617. The number of hydrogen-bond donors (Lipinski definition) is 1. The molecular weight excluding hydrogens is 246 g/mol. The summed E-state index contributed by atoms with van der Waals surface area (Å²) in [4.78, 5) is 23.3. The highest BCUT2D eigenvalue weighted by Gasteiger charge is 2.20. The third-order valence-electron chi connectivity index (χ3n) is 2.38. The molecule has 2 N–H and O–H groups in total. The van der Waals surface area contributed by atoms with E-state index in [1.54, 1.807) is 14.0 Å². The number of halogens is 1. The molecule has 1 aromatic carbocycles. The van der Waals surface area contributed by atoms with Gasteiger partial charge in [-0.25, -0.2) is 0 Å². The minimum absolute atomic E-state index is 0.00653. The highest BCUT2D eigenvalue weighted by Crippen LogP contribution is 2.29. The van der Waals surface area contributed by atoms with Crippen LogP contribution in [0.25, 0.3) is 0 Å². The Bertz CT molecular complexity index is 476. The van der Waals surface area contributed by atoms with Gasteiger partial charge in [0.2, 0.25) is 0 Å². The molecule has 7 heteroatoms. The van der Waals surface area contributed by atoms with E-state index in [-0.39, 0.29) is 22.0 Å². The number of amides is 1. The molecule has 0 atom stereocenters. The molecule has 0 aliphatic heterocycles. The van der Waals surface area contributed by atoms with Gasteiger partial charge in [-0.2, -0.15) is 0 Å². The van der Waals surface area contributed by atoms with Crippen molar-refractivity contribution >= 4 is 28.9 Å². The number of anilines is 1. The lowest BCUT2D eigenvalue weighted by Crippen LogP contribution is -2.27. The van der Waals surface area contributed by atoms with Gasteiger partial charge in [0.1, 0.15) is 0 Å². The van der Waals surface area contributed by atoms with Crippen molar-refractivity contribution in [2.75, 3.05) is 19.3 Å². The fraction of sp³-hybridized carbons (Fsp3) is 0.300.